The summed E-state index contributed by atoms with van der Waals surface area (Å²) in [6.07, 6.45) is -3.35. The smallest absolute Gasteiger partial charge is 0.416 e. The molecule has 0 heterocycles. The van der Waals surface area contributed by atoms with E-state index in [2.05, 4.69) is 5.10 Å². The van der Waals surface area contributed by atoms with Crippen LogP contribution in [-0.4, -0.2) is 18.0 Å². The van der Waals surface area contributed by atoms with E-state index in [1.807, 2.05) is 22.9 Å². The molecule has 3 aromatic carbocycles. The Labute approximate surface area is 202 Å². The zero-order valence-electron chi connectivity index (χ0n) is 17.2. The lowest BCUT2D eigenvalue weighted by Crippen LogP contribution is -2.32. The second-order valence-electron chi connectivity index (χ2n) is 6.83. The van der Waals surface area contributed by atoms with Crippen molar-refractivity contribution in [3.8, 4) is 5.75 Å². The van der Waals surface area contributed by atoms with Gasteiger partial charge in [-0.25, -0.2) is 5.43 Å². The van der Waals surface area contributed by atoms with Crippen LogP contribution in [0.5, 0.6) is 5.75 Å². The second kappa shape index (κ2) is 11.0. The van der Waals surface area contributed by atoms with Crippen molar-refractivity contribution < 1.29 is 27.5 Å². The number of rotatable bonds is 6. The fourth-order valence-corrected chi connectivity index (χ4v) is 2.88. The lowest BCUT2D eigenvalue weighted by atomic mass is 10.2. The highest BCUT2D eigenvalue weighted by Gasteiger charge is 2.31. The number of halogens is 5. The zero-order valence-corrected chi connectivity index (χ0v) is 18.7. The topological polar surface area (TPSA) is 79.8 Å². The normalized spacial score (nSPS) is 11.3. The molecular weight excluding hydrogens is 494 g/mol. The van der Waals surface area contributed by atoms with Crippen LogP contribution in [0.15, 0.2) is 71.8 Å². The summed E-state index contributed by atoms with van der Waals surface area (Å²) < 4.78 is 44.1. The summed E-state index contributed by atoms with van der Waals surface area (Å²) in [7, 11) is 0. The van der Waals surface area contributed by atoms with Gasteiger partial charge in [-0.2, -0.15) is 18.3 Å². The van der Waals surface area contributed by atoms with E-state index in [1.54, 1.807) is 36.4 Å². The highest BCUT2D eigenvalue weighted by atomic mass is 35.5. The number of alkyl halides is 3. The van der Waals surface area contributed by atoms with Crippen molar-refractivity contribution in [2.45, 2.75) is 12.8 Å². The summed E-state index contributed by atoms with van der Waals surface area (Å²) in [5.41, 5.74) is 2.16. The number of carbonyl (C=O) groups excluding carboxylic acids is 2. The molecule has 0 fully saturated rings. The minimum Gasteiger partial charge on any atom is -0.489 e. The quantitative estimate of drug-likeness (QED) is 0.255. The summed E-state index contributed by atoms with van der Waals surface area (Å²) in [5.74, 6) is -1.81. The van der Waals surface area contributed by atoms with Crippen molar-refractivity contribution in [2.75, 3.05) is 5.32 Å². The lowest BCUT2D eigenvalue weighted by molar-refractivity contribution is -0.137. The first-order valence-corrected chi connectivity index (χ1v) is 10.4. The van der Waals surface area contributed by atoms with Crippen molar-refractivity contribution in [1.82, 2.24) is 5.43 Å². The predicted octanol–water partition coefficient (Wildman–Crippen LogP) is 5.68. The van der Waals surface area contributed by atoms with Crippen molar-refractivity contribution in [3.63, 3.8) is 0 Å². The van der Waals surface area contributed by atoms with Crippen molar-refractivity contribution in [1.29, 1.82) is 0 Å². The Morgan fingerprint density at radius 1 is 0.941 bits per heavy atom. The molecule has 0 aliphatic carbocycles. The van der Waals surface area contributed by atoms with Crippen LogP contribution in [0.2, 0.25) is 10.0 Å². The standard InChI is InChI=1S/C23H16Cl2F3N3O3/c24-17-6-1-15(2-7-17)13-34-18-8-3-14(4-9-18)12-29-31-22(33)21(32)30-20-11-16(23(26,27)28)5-10-19(20)25/h1-12H,13H2,(H,30,32)(H,31,33)/b29-12+. The molecule has 0 aliphatic rings. The maximum absolute atomic E-state index is 12.8. The zero-order chi connectivity index (χ0) is 24.7. The summed E-state index contributed by atoms with van der Waals surface area (Å²) in [5, 5.41) is 6.17. The average molecular weight is 510 g/mol. The van der Waals surface area contributed by atoms with Gasteiger partial charge in [0.1, 0.15) is 12.4 Å². The van der Waals surface area contributed by atoms with Gasteiger partial charge in [-0.1, -0.05) is 35.3 Å². The molecule has 176 valence electrons. The van der Waals surface area contributed by atoms with Gasteiger partial charge in [-0.15, -0.1) is 0 Å². The van der Waals surface area contributed by atoms with E-state index in [1.165, 1.54) is 6.21 Å². The van der Waals surface area contributed by atoms with Crippen LogP contribution in [0.4, 0.5) is 18.9 Å². The minimum atomic E-state index is -4.63. The molecule has 0 radical (unpaired) electrons. The van der Waals surface area contributed by atoms with E-state index >= 15 is 0 Å². The Morgan fingerprint density at radius 3 is 2.26 bits per heavy atom. The molecule has 0 atom stereocenters. The molecule has 11 heteroatoms. The third-order valence-corrected chi connectivity index (χ3v) is 4.91. The van der Waals surface area contributed by atoms with Crippen LogP contribution in [0.3, 0.4) is 0 Å². The molecule has 0 bridgehead atoms. The third-order valence-electron chi connectivity index (χ3n) is 4.33. The summed E-state index contributed by atoms with van der Waals surface area (Å²) in [4.78, 5) is 23.9. The third kappa shape index (κ3) is 7.23. The van der Waals surface area contributed by atoms with Crippen molar-refractivity contribution in [2.24, 2.45) is 5.10 Å². The monoisotopic (exact) mass is 509 g/mol. The largest absolute Gasteiger partial charge is 0.489 e. The number of hydrazone groups is 1. The molecule has 2 amide bonds. The van der Waals surface area contributed by atoms with Gasteiger partial charge in [0.2, 0.25) is 0 Å². The number of anilines is 1. The van der Waals surface area contributed by atoms with Gasteiger partial charge in [0, 0.05) is 5.02 Å². The predicted molar refractivity (Wildman–Crippen MR) is 123 cm³/mol. The Hall–Kier alpha value is -3.56. The number of nitrogens with one attached hydrogen (secondary N) is 2. The molecular formula is C23H16Cl2F3N3O3. The number of ether oxygens (including phenoxy) is 1. The first kappa shape index (κ1) is 25.1. The number of nitrogens with zero attached hydrogens (tertiary/aromatic N) is 1. The van der Waals surface area contributed by atoms with E-state index in [4.69, 9.17) is 27.9 Å². The van der Waals surface area contributed by atoms with Gasteiger partial charge in [0.15, 0.2) is 0 Å². The van der Waals surface area contributed by atoms with E-state index < -0.39 is 23.6 Å². The van der Waals surface area contributed by atoms with Gasteiger partial charge >= 0.3 is 18.0 Å². The molecule has 0 spiro atoms. The molecule has 3 aromatic rings. The fraction of sp³-hybridized carbons (Fsp3) is 0.0870. The SMILES string of the molecule is O=C(N/N=C/c1ccc(OCc2ccc(Cl)cc2)cc1)C(=O)Nc1cc(C(F)(F)F)ccc1Cl. The molecule has 0 unspecified atom stereocenters. The van der Waals surface area contributed by atoms with Gasteiger partial charge in [-0.05, 0) is 65.7 Å². The highest BCUT2D eigenvalue weighted by molar-refractivity contribution is 6.41. The Balaban J connectivity index is 1.51. The van der Waals surface area contributed by atoms with Crippen LogP contribution in [0.1, 0.15) is 16.7 Å². The number of hydrogen-bond donors (Lipinski definition) is 2. The minimum absolute atomic E-state index is 0.156. The van der Waals surface area contributed by atoms with E-state index in [-0.39, 0.29) is 10.7 Å². The first-order chi connectivity index (χ1) is 16.1. The van der Waals surface area contributed by atoms with Crippen LogP contribution in [-0.2, 0) is 22.4 Å². The van der Waals surface area contributed by atoms with Gasteiger partial charge in [-0.3, -0.25) is 9.59 Å². The molecule has 34 heavy (non-hydrogen) atoms. The molecule has 3 rings (SSSR count). The first-order valence-electron chi connectivity index (χ1n) is 9.60. The number of hydrogen-bond acceptors (Lipinski definition) is 4. The second-order valence-corrected chi connectivity index (χ2v) is 7.67. The van der Waals surface area contributed by atoms with Crippen LogP contribution in [0.25, 0.3) is 0 Å². The summed E-state index contributed by atoms with van der Waals surface area (Å²) >= 11 is 11.6. The van der Waals surface area contributed by atoms with E-state index in [9.17, 15) is 22.8 Å². The van der Waals surface area contributed by atoms with Gasteiger partial charge < -0.3 is 10.1 Å². The number of benzene rings is 3. The highest BCUT2D eigenvalue weighted by Crippen LogP contribution is 2.33. The number of amides is 2. The maximum Gasteiger partial charge on any atom is 0.416 e. The number of carbonyl (C=O) groups is 2. The summed E-state index contributed by atoms with van der Waals surface area (Å²) in [6.45, 7) is 0.353. The lowest BCUT2D eigenvalue weighted by Gasteiger charge is -2.11. The molecule has 2 N–H and O–H groups in total. The van der Waals surface area contributed by atoms with E-state index in [0.717, 1.165) is 17.7 Å². The molecule has 0 saturated heterocycles. The van der Waals surface area contributed by atoms with Crippen molar-refractivity contribution >= 4 is 46.9 Å². The maximum atomic E-state index is 12.8. The van der Waals surface area contributed by atoms with E-state index in [0.29, 0.717) is 29.0 Å². The van der Waals surface area contributed by atoms with Gasteiger partial charge in [0.05, 0.1) is 22.5 Å². The molecule has 0 aromatic heterocycles. The fourth-order valence-electron chi connectivity index (χ4n) is 2.59. The molecule has 6 nitrogen and oxygen atoms in total. The Bertz CT molecular complexity index is 1200. The Morgan fingerprint density at radius 2 is 1.62 bits per heavy atom. The van der Waals surface area contributed by atoms with Crippen LogP contribution >= 0.6 is 23.2 Å². The summed E-state index contributed by atoms with van der Waals surface area (Å²) in [6, 6.07) is 16.3. The molecule has 0 saturated carbocycles. The van der Waals surface area contributed by atoms with Crippen LogP contribution < -0.4 is 15.5 Å². The Kier molecular flexibility index (Phi) is 8.14. The van der Waals surface area contributed by atoms with Crippen molar-refractivity contribution in [3.05, 3.63) is 93.5 Å². The van der Waals surface area contributed by atoms with Crippen LogP contribution in [0, 0.1) is 0 Å². The molecule has 0 aliphatic heterocycles. The average Bonchev–Trinajstić information content (AvgIpc) is 2.80. The van der Waals surface area contributed by atoms with Gasteiger partial charge in [0.25, 0.3) is 0 Å².